The van der Waals surface area contributed by atoms with Gasteiger partial charge in [-0.3, -0.25) is 9.36 Å². The van der Waals surface area contributed by atoms with E-state index in [0.29, 0.717) is 47.7 Å². The molecule has 40 heavy (non-hydrogen) atoms. The minimum atomic E-state index is -0.631. The molecule has 0 saturated heterocycles. The number of hydrogen-bond donors (Lipinski definition) is 0. The molecule has 206 valence electrons. The van der Waals surface area contributed by atoms with E-state index in [1.165, 1.54) is 22.7 Å². The maximum Gasteiger partial charge on any atom is 0.338 e. The van der Waals surface area contributed by atoms with Gasteiger partial charge in [0.1, 0.15) is 12.6 Å². The highest BCUT2D eigenvalue weighted by atomic mass is 35.5. The highest BCUT2D eigenvalue weighted by Crippen LogP contribution is 2.34. The zero-order valence-corrected chi connectivity index (χ0v) is 24.9. The highest BCUT2D eigenvalue weighted by Gasteiger charge is 2.34. The number of para-hydroxylation sites is 1. The van der Waals surface area contributed by atoms with Gasteiger partial charge in [0.15, 0.2) is 16.3 Å². The molecule has 1 aliphatic heterocycles. The molecular weight excluding hydrogens is 591 g/mol. The number of carbonyl (C=O) groups is 1. The van der Waals surface area contributed by atoms with Crippen LogP contribution in [-0.4, -0.2) is 24.3 Å². The van der Waals surface area contributed by atoms with Crippen LogP contribution in [0.25, 0.3) is 6.08 Å². The summed E-state index contributed by atoms with van der Waals surface area (Å²) < 4.78 is 19.1. The van der Waals surface area contributed by atoms with Gasteiger partial charge in [-0.2, -0.15) is 0 Å². The molecule has 2 aromatic carbocycles. The Labute approximate surface area is 248 Å². The maximum absolute atomic E-state index is 13.9. The summed E-state index contributed by atoms with van der Waals surface area (Å²) in [5, 5.41) is 2.81. The Bertz CT molecular complexity index is 1790. The summed E-state index contributed by atoms with van der Waals surface area (Å²) >= 11 is 14.9. The molecule has 1 aliphatic rings. The summed E-state index contributed by atoms with van der Waals surface area (Å²) in [6.45, 7) is 3.94. The number of rotatable bonds is 8. The lowest BCUT2D eigenvalue weighted by atomic mass is 10.0. The van der Waals surface area contributed by atoms with Crippen LogP contribution < -0.4 is 24.4 Å². The third kappa shape index (κ3) is 5.47. The van der Waals surface area contributed by atoms with Crippen molar-refractivity contribution < 1.29 is 19.0 Å². The van der Waals surface area contributed by atoms with Gasteiger partial charge in [-0.05, 0) is 55.1 Å². The number of fused-ring (bicyclic) bond motifs is 1. The second-order valence-corrected chi connectivity index (χ2v) is 11.5. The molecule has 5 rings (SSSR count). The molecule has 3 heterocycles. The molecule has 0 radical (unpaired) electrons. The molecule has 0 amide bonds. The number of halogens is 2. The average molecular weight is 616 g/mol. The largest absolute Gasteiger partial charge is 0.493 e. The quantitative estimate of drug-likeness (QED) is 0.236. The van der Waals surface area contributed by atoms with E-state index in [1.807, 2.05) is 35.7 Å². The molecule has 0 N–H and O–H groups in total. The third-order valence-corrected chi connectivity index (χ3v) is 8.86. The van der Waals surface area contributed by atoms with Crippen LogP contribution in [0, 0.1) is 0 Å². The number of aromatic nitrogens is 1. The lowest BCUT2D eigenvalue weighted by Crippen LogP contribution is -2.39. The molecule has 4 aromatic rings. The predicted octanol–water partition coefficient (Wildman–Crippen LogP) is 5.75. The number of esters is 1. The Morgan fingerprint density at radius 3 is 2.67 bits per heavy atom. The van der Waals surface area contributed by atoms with E-state index in [9.17, 15) is 9.59 Å². The Hall–Kier alpha value is -3.37. The standard InChI is InChI=1S/C29H24Cl2N2O5S2/c1-4-37-28(35)24-16(2)32-29-33(25(24)22-9-6-12-39-22)27(34)23(40-29)14-18-7-5-8-21(36-3)26(18)38-15-17-10-11-19(30)20(31)13-17/h5-14,25H,4,15H2,1-3H3/b23-14-/t25-/m1/s1. The van der Waals surface area contributed by atoms with E-state index >= 15 is 0 Å². The summed E-state index contributed by atoms with van der Waals surface area (Å²) in [5.41, 5.74) is 2.09. The number of thiophene rings is 1. The van der Waals surface area contributed by atoms with Crippen LogP contribution in [0.4, 0.5) is 0 Å². The first-order valence-corrected chi connectivity index (χ1v) is 14.7. The van der Waals surface area contributed by atoms with Crippen LogP contribution in [0.15, 0.2) is 75.0 Å². The first-order chi connectivity index (χ1) is 19.3. The second kappa shape index (κ2) is 12.0. The predicted molar refractivity (Wildman–Crippen MR) is 159 cm³/mol. The van der Waals surface area contributed by atoms with Crippen molar-refractivity contribution in [2.45, 2.75) is 26.5 Å². The normalized spacial score (nSPS) is 15.0. The fourth-order valence-corrected chi connectivity index (χ4v) is 6.58. The molecule has 0 aliphatic carbocycles. The van der Waals surface area contributed by atoms with Crippen LogP contribution in [-0.2, 0) is 16.1 Å². The van der Waals surface area contributed by atoms with Crippen LogP contribution in [0.2, 0.25) is 10.0 Å². The molecule has 1 atom stereocenters. The van der Waals surface area contributed by atoms with Gasteiger partial charge in [-0.15, -0.1) is 11.3 Å². The number of hydrogen-bond acceptors (Lipinski definition) is 8. The summed E-state index contributed by atoms with van der Waals surface area (Å²) in [6.07, 6.45) is 1.76. The van der Waals surface area contributed by atoms with Gasteiger partial charge in [-0.25, -0.2) is 9.79 Å². The summed E-state index contributed by atoms with van der Waals surface area (Å²) in [6, 6.07) is 13.9. The fourth-order valence-electron chi connectivity index (χ4n) is 4.40. The van der Waals surface area contributed by atoms with Crippen molar-refractivity contribution >= 4 is 57.9 Å². The van der Waals surface area contributed by atoms with Crippen LogP contribution in [0.1, 0.15) is 35.9 Å². The Morgan fingerprint density at radius 2 is 1.98 bits per heavy atom. The van der Waals surface area contributed by atoms with E-state index in [0.717, 1.165) is 10.4 Å². The SMILES string of the molecule is CCOC(=O)C1=C(C)N=c2s/c(=C\c3cccc(OC)c3OCc3ccc(Cl)c(Cl)c3)c(=O)n2[C@@H]1c1cccs1. The smallest absolute Gasteiger partial charge is 0.338 e. The lowest BCUT2D eigenvalue weighted by molar-refractivity contribution is -0.139. The van der Waals surface area contributed by atoms with E-state index < -0.39 is 12.0 Å². The van der Waals surface area contributed by atoms with E-state index in [2.05, 4.69) is 4.99 Å². The van der Waals surface area contributed by atoms with Crippen LogP contribution in [0.3, 0.4) is 0 Å². The monoisotopic (exact) mass is 614 g/mol. The van der Waals surface area contributed by atoms with Gasteiger partial charge in [0.25, 0.3) is 5.56 Å². The van der Waals surface area contributed by atoms with E-state index in [1.54, 1.807) is 49.8 Å². The van der Waals surface area contributed by atoms with Gasteiger partial charge < -0.3 is 14.2 Å². The molecular formula is C29H24Cl2N2O5S2. The van der Waals surface area contributed by atoms with Crippen molar-refractivity contribution in [3.8, 4) is 11.5 Å². The van der Waals surface area contributed by atoms with Crippen LogP contribution >= 0.6 is 45.9 Å². The minimum absolute atomic E-state index is 0.208. The highest BCUT2D eigenvalue weighted by molar-refractivity contribution is 7.10. The molecule has 2 aromatic heterocycles. The number of nitrogens with zero attached hydrogens (tertiary/aromatic N) is 2. The maximum atomic E-state index is 13.9. The van der Waals surface area contributed by atoms with Crippen molar-refractivity contribution in [3.63, 3.8) is 0 Å². The number of ether oxygens (including phenoxy) is 3. The molecule has 11 heteroatoms. The number of benzene rings is 2. The van der Waals surface area contributed by atoms with Crippen molar-refractivity contribution in [1.29, 1.82) is 0 Å². The number of thiazole rings is 1. The van der Waals surface area contributed by atoms with Crippen LogP contribution in [0.5, 0.6) is 11.5 Å². The molecule has 0 unspecified atom stereocenters. The van der Waals surface area contributed by atoms with E-state index in [4.69, 9.17) is 37.4 Å². The van der Waals surface area contributed by atoms with Crippen molar-refractivity contribution in [2.24, 2.45) is 4.99 Å². The van der Waals surface area contributed by atoms with E-state index in [-0.39, 0.29) is 18.8 Å². The average Bonchev–Trinajstić information content (AvgIpc) is 3.57. The fraction of sp³-hybridized carbons (Fsp3) is 0.207. The molecule has 0 spiro atoms. The van der Waals surface area contributed by atoms with Gasteiger partial charge >= 0.3 is 5.97 Å². The van der Waals surface area contributed by atoms with Crippen molar-refractivity contribution in [2.75, 3.05) is 13.7 Å². The second-order valence-electron chi connectivity index (χ2n) is 8.73. The van der Waals surface area contributed by atoms with Gasteiger partial charge in [0.2, 0.25) is 0 Å². The Kier molecular flexibility index (Phi) is 8.46. The van der Waals surface area contributed by atoms with Gasteiger partial charge in [0, 0.05) is 10.4 Å². The number of methoxy groups -OCH3 is 1. The molecule has 0 fully saturated rings. The Morgan fingerprint density at radius 1 is 1.15 bits per heavy atom. The molecule has 0 bridgehead atoms. The zero-order valence-electron chi connectivity index (χ0n) is 21.8. The third-order valence-electron chi connectivity index (χ3n) is 6.21. The van der Waals surface area contributed by atoms with Gasteiger partial charge in [0.05, 0.1) is 39.6 Å². The molecule has 0 saturated carbocycles. The summed E-state index contributed by atoms with van der Waals surface area (Å²) in [7, 11) is 1.56. The lowest BCUT2D eigenvalue weighted by Gasteiger charge is -2.23. The first kappa shape index (κ1) is 28.2. The summed E-state index contributed by atoms with van der Waals surface area (Å²) in [5.74, 6) is 0.501. The molecule has 7 nitrogen and oxygen atoms in total. The number of allylic oxidation sites excluding steroid dienone is 1. The van der Waals surface area contributed by atoms with Crippen molar-refractivity contribution in [3.05, 3.63) is 111 Å². The van der Waals surface area contributed by atoms with Gasteiger partial charge in [-0.1, -0.05) is 58.8 Å². The Balaban J connectivity index is 1.60. The van der Waals surface area contributed by atoms with Crippen molar-refractivity contribution in [1.82, 2.24) is 4.57 Å². The zero-order chi connectivity index (χ0) is 28.4. The first-order valence-electron chi connectivity index (χ1n) is 12.3. The number of carbonyl (C=O) groups excluding carboxylic acids is 1. The summed E-state index contributed by atoms with van der Waals surface area (Å²) in [4.78, 5) is 32.8. The minimum Gasteiger partial charge on any atom is -0.493 e. The topological polar surface area (TPSA) is 79.1 Å².